The number of amides is 2. The summed E-state index contributed by atoms with van der Waals surface area (Å²) in [5.41, 5.74) is 12.3. The Bertz CT molecular complexity index is 1910. The highest BCUT2D eigenvalue weighted by molar-refractivity contribution is 6.01. The van der Waals surface area contributed by atoms with Gasteiger partial charge in [0.1, 0.15) is 11.5 Å². The molecule has 2 amide bonds. The van der Waals surface area contributed by atoms with Gasteiger partial charge in [-0.3, -0.25) is 19.6 Å². The Balaban J connectivity index is 1.24. The number of benzene rings is 2. The third-order valence-corrected chi connectivity index (χ3v) is 9.40. The van der Waals surface area contributed by atoms with Crippen LogP contribution in [-0.2, 0) is 24.4 Å². The Morgan fingerprint density at radius 1 is 1.00 bits per heavy atom. The quantitative estimate of drug-likeness (QED) is 0.250. The van der Waals surface area contributed by atoms with Crippen LogP contribution in [0.2, 0.25) is 0 Å². The summed E-state index contributed by atoms with van der Waals surface area (Å²) in [6.45, 7) is 0. The summed E-state index contributed by atoms with van der Waals surface area (Å²) in [7, 11) is 4.05. The van der Waals surface area contributed by atoms with Gasteiger partial charge < -0.3 is 20.2 Å². The molecule has 3 N–H and O–H groups in total. The Morgan fingerprint density at radius 3 is 2.51 bits per heavy atom. The molecule has 0 unspecified atom stereocenters. The highest BCUT2D eigenvalue weighted by Gasteiger charge is 2.44. The van der Waals surface area contributed by atoms with Gasteiger partial charge >= 0.3 is 0 Å². The number of nitrogens with zero attached hydrogens (tertiary/aromatic N) is 5. The molecule has 43 heavy (non-hydrogen) atoms. The molecule has 7 rings (SSSR count). The zero-order valence-electron chi connectivity index (χ0n) is 24.5. The number of rotatable bonds is 7. The fraction of sp³-hybridized carbons (Fsp3) is 0.324. The normalized spacial score (nSPS) is 16.7. The van der Waals surface area contributed by atoms with Crippen molar-refractivity contribution in [2.75, 3.05) is 0 Å². The molecular weight excluding hydrogens is 538 g/mol. The average Bonchev–Trinajstić information content (AvgIpc) is 3.71. The van der Waals surface area contributed by atoms with Gasteiger partial charge in [-0.1, -0.05) is 25.0 Å². The van der Waals surface area contributed by atoms with E-state index in [1.807, 2.05) is 43.6 Å². The fourth-order valence-electron chi connectivity index (χ4n) is 7.12. The number of hydrogen-bond donors (Lipinski definition) is 2. The molecule has 2 aliphatic carbocycles. The van der Waals surface area contributed by atoms with Crippen LogP contribution >= 0.6 is 0 Å². The summed E-state index contributed by atoms with van der Waals surface area (Å²) >= 11 is 0. The molecule has 0 radical (unpaired) electrons. The van der Waals surface area contributed by atoms with E-state index in [1.165, 1.54) is 29.9 Å². The molecule has 0 atom stereocenters. The number of aryl methyl sites for hydroxylation is 2. The van der Waals surface area contributed by atoms with Gasteiger partial charge in [0.15, 0.2) is 0 Å². The molecule has 0 bridgehead atoms. The Morgan fingerprint density at radius 2 is 1.81 bits per heavy atom. The number of imidazole rings is 1. The van der Waals surface area contributed by atoms with E-state index >= 15 is 0 Å². The van der Waals surface area contributed by atoms with Gasteiger partial charge in [0.25, 0.3) is 5.91 Å². The SMILES string of the molecule is Cn1c(C2(NC(=O)c3ccc4c(C5CCCC5)c(-c5cnccn5)n(C)c4c3)CCC2)nc2cc(C=CC(N)=O)ccc21. The van der Waals surface area contributed by atoms with Gasteiger partial charge in [-0.15, -0.1) is 0 Å². The Labute approximate surface area is 249 Å². The van der Waals surface area contributed by atoms with E-state index < -0.39 is 11.4 Å². The topological polar surface area (TPSA) is 121 Å². The van der Waals surface area contributed by atoms with Crippen LogP contribution in [0.5, 0.6) is 0 Å². The van der Waals surface area contributed by atoms with Crippen LogP contribution in [-0.4, -0.2) is 35.9 Å². The number of fused-ring (bicyclic) bond motifs is 2. The van der Waals surface area contributed by atoms with Crippen LogP contribution in [0.25, 0.3) is 39.4 Å². The summed E-state index contributed by atoms with van der Waals surface area (Å²) in [5.74, 6) is 0.712. The summed E-state index contributed by atoms with van der Waals surface area (Å²) in [6.07, 6.45) is 15.7. The van der Waals surface area contributed by atoms with Crippen molar-refractivity contribution in [1.82, 2.24) is 29.4 Å². The molecule has 5 aromatic rings. The Hall–Kier alpha value is -4.79. The predicted molar refractivity (Wildman–Crippen MR) is 167 cm³/mol. The molecule has 9 nitrogen and oxygen atoms in total. The van der Waals surface area contributed by atoms with Gasteiger partial charge in [0.05, 0.1) is 28.5 Å². The van der Waals surface area contributed by atoms with Crippen LogP contribution in [0.4, 0.5) is 0 Å². The number of nitrogens with two attached hydrogens (primary N) is 1. The minimum Gasteiger partial charge on any atom is -0.366 e. The number of carbonyl (C=O) groups excluding carboxylic acids is 2. The first-order chi connectivity index (χ1) is 20.8. The molecular formula is C34H35N7O2. The van der Waals surface area contributed by atoms with Crippen molar-refractivity contribution in [1.29, 1.82) is 0 Å². The lowest BCUT2D eigenvalue weighted by Gasteiger charge is -2.41. The minimum absolute atomic E-state index is 0.108. The van der Waals surface area contributed by atoms with E-state index in [0.29, 0.717) is 11.5 Å². The highest BCUT2D eigenvalue weighted by atomic mass is 16.2. The minimum atomic E-state index is -0.545. The zero-order valence-corrected chi connectivity index (χ0v) is 24.5. The van der Waals surface area contributed by atoms with Gasteiger partial charge in [0, 0.05) is 49.0 Å². The molecule has 3 aromatic heterocycles. The number of nitrogens with one attached hydrogen (secondary N) is 1. The van der Waals surface area contributed by atoms with Gasteiger partial charge in [0.2, 0.25) is 5.91 Å². The van der Waals surface area contributed by atoms with Crippen LogP contribution in [0.3, 0.4) is 0 Å². The molecule has 2 fully saturated rings. The molecule has 218 valence electrons. The molecule has 2 aromatic carbocycles. The van der Waals surface area contributed by atoms with E-state index in [0.717, 1.165) is 71.4 Å². The standard InChI is InChI=1S/C34H35N7O2/c1-40-28-19-23(10-11-24(28)30(22-6-3-4-7-22)31(40)26-20-36-16-17-37-26)32(43)39-34(14-5-15-34)33-38-25-18-21(9-13-29(35)42)8-12-27(25)41(33)2/h8-13,16-20,22H,3-7,14-15H2,1-2H3,(H2,35,42)(H,39,43). The third-order valence-electron chi connectivity index (χ3n) is 9.40. The first kappa shape index (κ1) is 27.1. The highest BCUT2D eigenvalue weighted by Crippen LogP contribution is 2.45. The summed E-state index contributed by atoms with van der Waals surface area (Å²) in [6, 6.07) is 11.9. The summed E-state index contributed by atoms with van der Waals surface area (Å²) < 4.78 is 4.25. The van der Waals surface area contributed by atoms with Crippen molar-refractivity contribution >= 4 is 39.8 Å². The van der Waals surface area contributed by atoms with Crippen molar-refractivity contribution in [3.8, 4) is 11.4 Å². The Kier molecular flexibility index (Phi) is 6.60. The van der Waals surface area contributed by atoms with E-state index in [4.69, 9.17) is 10.7 Å². The average molecular weight is 574 g/mol. The number of primary amides is 1. The lowest BCUT2D eigenvalue weighted by Crippen LogP contribution is -2.52. The molecule has 3 heterocycles. The number of carbonyl (C=O) groups is 2. The van der Waals surface area contributed by atoms with E-state index in [1.54, 1.807) is 18.5 Å². The molecule has 0 aliphatic heterocycles. The second-order valence-electron chi connectivity index (χ2n) is 12.0. The van der Waals surface area contributed by atoms with Crippen molar-refractivity contribution < 1.29 is 9.59 Å². The molecule has 2 saturated carbocycles. The molecule has 0 spiro atoms. The van der Waals surface area contributed by atoms with Gasteiger partial charge in [-0.2, -0.15) is 0 Å². The molecule has 9 heteroatoms. The maximum atomic E-state index is 13.9. The van der Waals surface area contributed by atoms with Crippen LogP contribution in [0.15, 0.2) is 61.1 Å². The lowest BCUT2D eigenvalue weighted by atomic mass is 9.75. The van der Waals surface area contributed by atoms with Gasteiger partial charge in [-0.25, -0.2) is 4.98 Å². The first-order valence-corrected chi connectivity index (χ1v) is 15.0. The molecule has 0 saturated heterocycles. The van der Waals surface area contributed by atoms with Crippen molar-refractivity contribution in [2.45, 2.75) is 56.4 Å². The summed E-state index contributed by atoms with van der Waals surface area (Å²) in [4.78, 5) is 39.1. The maximum Gasteiger partial charge on any atom is 0.252 e. The monoisotopic (exact) mass is 573 g/mol. The van der Waals surface area contributed by atoms with E-state index in [2.05, 4.69) is 37.5 Å². The largest absolute Gasteiger partial charge is 0.366 e. The van der Waals surface area contributed by atoms with Crippen LogP contribution < -0.4 is 11.1 Å². The van der Waals surface area contributed by atoms with Crippen LogP contribution in [0.1, 0.15) is 78.2 Å². The zero-order chi connectivity index (χ0) is 29.7. The number of aromatic nitrogens is 5. The summed E-state index contributed by atoms with van der Waals surface area (Å²) in [5, 5.41) is 4.56. The van der Waals surface area contributed by atoms with E-state index in [9.17, 15) is 9.59 Å². The second-order valence-corrected chi connectivity index (χ2v) is 12.0. The van der Waals surface area contributed by atoms with E-state index in [-0.39, 0.29) is 5.91 Å². The smallest absolute Gasteiger partial charge is 0.252 e. The van der Waals surface area contributed by atoms with Crippen LogP contribution in [0, 0.1) is 0 Å². The third kappa shape index (κ3) is 4.59. The second kappa shape index (κ2) is 10.5. The lowest BCUT2D eigenvalue weighted by molar-refractivity contribution is -0.113. The van der Waals surface area contributed by atoms with Gasteiger partial charge in [-0.05, 0) is 79.5 Å². The fourth-order valence-corrected chi connectivity index (χ4v) is 7.12. The molecule has 2 aliphatic rings. The van der Waals surface area contributed by atoms with Crippen molar-refractivity contribution in [3.63, 3.8) is 0 Å². The van der Waals surface area contributed by atoms with Crippen molar-refractivity contribution in [2.24, 2.45) is 19.8 Å². The first-order valence-electron chi connectivity index (χ1n) is 15.0. The van der Waals surface area contributed by atoms with Crippen molar-refractivity contribution in [3.05, 3.63) is 83.6 Å². The maximum absolute atomic E-state index is 13.9. The predicted octanol–water partition coefficient (Wildman–Crippen LogP) is 5.49. The number of hydrogen-bond acceptors (Lipinski definition) is 5.